The van der Waals surface area contributed by atoms with Gasteiger partial charge in [-0.15, -0.1) is 24.0 Å². The van der Waals surface area contributed by atoms with Gasteiger partial charge in [-0.2, -0.15) is 0 Å². The van der Waals surface area contributed by atoms with E-state index in [2.05, 4.69) is 44.2 Å². The van der Waals surface area contributed by atoms with Crippen LogP contribution in [0.15, 0.2) is 29.3 Å². The van der Waals surface area contributed by atoms with Gasteiger partial charge in [0.05, 0.1) is 12.8 Å². The molecule has 7 heteroatoms. The first-order chi connectivity index (χ1) is 12.7. The van der Waals surface area contributed by atoms with E-state index in [4.69, 9.17) is 4.74 Å². The Morgan fingerprint density at radius 3 is 2.59 bits per heavy atom. The van der Waals surface area contributed by atoms with Gasteiger partial charge in [0.1, 0.15) is 5.75 Å². The lowest BCUT2D eigenvalue weighted by molar-refractivity contribution is 0.209. The number of ether oxygens (including phenoxy) is 1. The summed E-state index contributed by atoms with van der Waals surface area (Å²) in [5.74, 6) is 2.71. The molecule has 0 aromatic heterocycles. The summed E-state index contributed by atoms with van der Waals surface area (Å²) in [6.07, 6.45) is 2.62. The number of anilines is 1. The molecule has 1 unspecified atom stereocenters. The van der Waals surface area contributed by atoms with Gasteiger partial charge in [-0.05, 0) is 44.5 Å². The maximum absolute atomic E-state index is 5.51. The highest BCUT2D eigenvalue weighted by Gasteiger charge is 2.23. The summed E-state index contributed by atoms with van der Waals surface area (Å²) in [6, 6.07) is 8.27. The molecule has 0 amide bonds. The summed E-state index contributed by atoms with van der Waals surface area (Å²) in [6.45, 7) is 7.34. The summed E-state index contributed by atoms with van der Waals surface area (Å²) in [7, 11) is 5.85. The lowest BCUT2D eigenvalue weighted by Gasteiger charge is -2.38. The predicted octanol–water partition coefficient (Wildman–Crippen LogP) is 2.35. The first-order valence-electron chi connectivity index (χ1n) is 9.73. The van der Waals surface area contributed by atoms with Gasteiger partial charge in [0.2, 0.25) is 0 Å². The molecule has 2 heterocycles. The molecule has 0 radical (unpaired) electrons. The van der Waals surface area contributed by atoms with E-state index in [9.17, 15) is 0 Å². The molecule has 1 aromatic carbocycles. The number of halogens is 1. The van der Waals surface area contributed by atoms with E-state index < -0.39 is 0 Å². The number of hydrogen-bond acceptors (Lipinski definition) is 4. The molecule has 1 aromatic rings. The molecule has 27 heavy (non-hydrogen) atoms. The van der Waals surface area contributed by atoms with Gasteiger partial charge < -0.3 is 24.8 Å². The van der Waals surface area contributed by atoms with Crippen LogP contribution in [0.2, 0.25) is 0 Å². The summed E-state index contributed by atoms with van der Waals surface area (Å²) in [5, 5.41) is 3.61. The highest BCUT2D eigenvalue weighted by Crippen LogP contribution is 2.28. The number of rotatable bonds is 4. The van der Waals surface area contributed by atoms with Crippen LogP contribution in [0.3, 0.4) is 0 Å². The normalized spacial score (nSPS) is 21.6. The summed E-state index contributed by atoms with van der Waals surface area (Å²) in [4.78, 5) is 11.7. The van der Waals surface area contributed by atoms with Crippen molar-refractivity contribution >= 4 is 35.6 Å². The van der Waals surface area contributed by atoms with Crippen LogP contribution < -0.4 is 15.0 Å². The maximum atomic E-state index is 5.51. The van der Waals surface area contributed by atoms with Crippen molar-refractivity contribution in [2.75, 3.05) is 71.9 Å². The van der Waals surface area contributed by atoms with Gasteiger partial charge in [0.15, 0.2) is 5.96 Å². The maximum Gasteiger partial charge on any atom is 0.193 e. The summed E-state index contributed by atoms with van der Waals surface area (Å²) in [5.41, 5.74) is 1.18. The Balaban J connectivity index is 0.00000261. The predicted molar refractivity (Wildman–Crippen MR) is 124 cm³/mol. The molecular weight excluding hydrogens is 453 g/mol. The number of piperidine rings is 1. The second kappa shape index (κ2) is 10.9. The van der Waals surface area contributed by atoms with Crippen LogP contribution >= 0.6 is 24.0 Å². The molecule has 1 atom stereocenters. The van der Waals surface area contributed by atoms with Crippen molar-refractivity contribution in [1.82, 2.24) is 15.1 Å². The van der Waals surface area contributed by atoms with Crippen LogP contribution in [0.4, 0.5) is 5.69 Å². The molecule has 0 spiro atoms. The molecule has 1 N–H and O–H groups in total. The number of nitrogens with one attached hydrogen (secondary N) is 1. The van der Waals surface area contributed by atoms with Crippen LogP contribution in [-0.2, 0) is 0 Å². The fourth-order valence-electron chi connectivity index (χ4n) is 4.06. The Kier molecular flexibility index (Phi) is 8.95. The smallest absolute Gasteiger partial charge is 0.193 e. The molecule has 0 aliphatic carbocycles. The first-order valence-corrected chi connectivity index (χ1v) is 9.73. The van der Waals surface area contributed by atoms with E-state index in [0.717, 1.165) is 50.4 Å². The monoisotopic (exact) mass is 487 g/mol. The van der Waals surface area contributed by atoms with Gasteiger partial charge in [0.25, 0.3) is 0 Å². The van der Waals surface area contributed by atoms with E-state index in [1.165, 1.54) is 31.6 Å². The standard InChI is InChI=1S/C20H33N5O.HI/c1-21-20(22-15-17-7-6-10-23(2)16-17)25-13-11-24(12-14-25)18-8-4-5-9-19(18)26-3;/h4-5,8-9,17H,6-7,10-16H2,1-3H3,(H,21,22);1H. The molecule has 2 aliphatic rings. The average molecular weight is 487 g/mol. The average Bonchev–Trinajstić information content (AvgIpc) is 2.69. The zero-order valence-corrected chi connectivity index (χ0v) is 19.2. The van der Waals surface area contributed by atoms with Gasteiger partial charge in [-0.25, -0.2) is 0 Å². The van der Waals surface area contributed by atoms with Crippen LogP contribution in [0, 0.1) is 5.92 Å². The van der Waals surface area contributed by atoms with Crippen LogP contribution in [0.25, 0.3) is 0 Å². The molecule has 0 saturated carbocycles. The molecule has 3 rings (SSSR count). The quantitative estimate of drug-likeness (QED) is 0.402. The Morgan fingerprint density at radius 1 is 1.19 bits per heavy atom. The van der Waals surface area contributed by atoms with E-state index in [1.54, 1.807) is 7.11 Å². The Hall–Kier alpha value is -1.22. The number of guanidine groups is 1. The lowest BCUT2D eigenvalue weighted by atomic mass is 9.98. The SMILES string of the molecule is CN=C(NCC1CCCN(C)C1)N1CCN(c2ccccc2OC)CC1.I. The fraction of sp³-hybridized carbons (Fsp3) is 0.650. The number of nitrogens with zero attached hydrogens (tertiary/aromatic N) is 4. The molecule has 6 nitrogen and oxygen atoms in total. The van der Waals surface area contributed by atoms with Gasteiger partial charge in [-0.3, -0.25) is 4.99 Å². The van der Waals surface area contributed by atoms with Crippen molar-refractivity contribution in [2.24, 2.45) is 10.9 Å². The zero-order valence-electron chi connectivity index (χ0n) is 16.9. The number of likely N-dealkylation sites (tertiary alicyclic amines) is 1. The van der Waals surface area contributed by atoms with Crippen molar-refractivity contribution in [3.05, 3.63) is 24.3 Å². The van der Waals surface area contributed by atoms with Crippen molar-refractivity contribution in [3.8, 4) is 5.75 Å². The van der Waals surface area contributed by atoms with Gasteiger partial charge in [0, 0.05) is 46.3 Å². The minimum Gasteiger partial charge on any atom is -0.495 e. The third kappa shape index (κ3) is 5.88. The van der Waals surface area contributed by atoms with E-state index in [1.807, 2.05) is 19.2 Å². The van der Waals surface area contributed by atoms with E-state index >= 15 is 0 Å². The second-order valence-electron chi connectivity index (χ2n) is 7.34. The second-order valence-corrected chi connectivity index (χ2v) is 7.34. The number of benzene rings is 1. The first kappa shape index (κ1) is 22.1. The van der Waals surface area contributed by atoms with Crippen LogP contribution in [-0.4, -0.2) is 82.8 Å². The zero-order chi connectivity index (χ0) is 18.4. The number of para-hydroxylation sites is 2. The molecule has 2 fully saturated rings. The minimum absolute atomic E-state index is 0. The third-order valence-electron chi connectivity index (χ3n) is 5.49. The highest BCUT2D eigenvalue weighted by molar-refractivity contribution is 14.0. The topological polar surface area (TPSA) is 43.3 Å². The number of hydrogen-bond donors (Lipinski definition) is 1. The lowest BCUT2D eigenvalue weighted by Crippen LogP contribution is -2.53. The summed E-state index contributed by atoms with van der Waals surface area (Å²) < 4.78 is 5.51. The molecule has 0 bridgehead atoms. The summed E-state index contributed by atoms with van der Waals surface area (Å²) >= 11 is 0. The molecule has 2 aliphatic heterocycles. The van der Waals surface area contributed by atoms with Crippen molar-refractivity contribution in [2.45, 2.75) is 12.8 Å². The van der Waals surface area contributed by atoms with Crippen molar-refractivity contribution in [1.29, 1.82) is 0 Å². The number of methoxy groups -OCH3 is 1. The Labute approximate surface area is 181 Å². The number of piperazine rings is 1. The van der Waals surface area contributed by atoms with Gasteiger partial charge >= 0.3 is 0 Å². The Morgan fingerprint density at radius 2 is 1.93 bits per heavy atom. The number of aliphatic imine (C=N–C) groups is 1. The van der Waals surface area contributed by atoms with Crippen LogP contribution in [0.1, 0.15) is 12.8 Å². The third-order valence-corrected chi connectivity index (χ3v) is 5.49. The molecular formula is C20H34IN5O. The van der Waals surface area contributed by atoms with E-state index in [0.29, 0.717) is 0 Å². The molecule has 2 saturated heterocycles. The minimum atomic E-state index is 0. The largest absolute Gasteiger partial charge is 0.495 e. The fourth-order valence-corrected chi connectivity index (χ4v) is 4.06. The highest BCUT2D eigenvalue weighted by atomic mass is 127. The van der Waals surface area contributed by atoms with E-state index in [-0.39, 0.29) is 24.0 Å². The van der Waals surface area contributed by atoms with Gasteiger partial charge in [-0.1, -0.05) is 12.1 Å². The van der Waals surface area contributed by atoms with Crippen LogP contribution in [0.5, 0.6) is 5.75 Å². The Bertz CT molecular complexity index is 604. The molecule has 152 valence electrons. The van der Waals surface area contributed by atoms with Crippen molar-refractivity contribution in [3.63, 3.8) is 0 Å². The van der Waals surface area contributed by atoms with Crippen molar-refractivity contribution < 1.29 is 4.74 Å².